The zero-order valence-electron chi connectivity index (χ0n) is 8.07. The first-order valence-electron chi connectivity index (χ1n) is 4.47. The molecule has 0 amide bonds. The zero-order valence-corrected chi connectivity index (χ0v) is 8.07. The molecule has 0 spiro atoms. The predicted octanol–water partition coefficient (Wildman–Crippen LogP) is 0.982. The minimum Gasteiger partial charge on any atom is -0.315 e. The lowest BCUT2D eigenvalue weighted by Crippen LogP contribution is -2.46. The van der Waals surface area contributed by atoms with Gasteiger partial charge < -0.3 is 10.6 Å². The summed E-state index contributed by atoms with van der Waals surface area (Å²) in [6, 6.07) is 0.662. The molecule has 1 heterocycles. The molecule has 0 aromatic rings. The van der Waals surface area contributed by atoms with Crippen molar-refractivity contribution >= 4 is 0 Å². The van der Waals surface area contributed by atoms with Gasteiger partial charge in [-0.3, -0.25) is 0 Å². The first kappa shape index (κ1) is 9.01. The third-order valence-corrected chi connectivity index (χ3v) is 2.14. The first-order valence-corrected chi connectivity index (χ1v) is 4.47. The standard InChI is InChI=1S/C9H20N2/c1-7-5-10-6-8(7)11-9(2,3)4/h7-8,10-11H,5-6H2,1-4H3. The second kappa shape index (κ2) is 3.11. The van der Waals surface area contributed by atoms with E-state index in [9.17, 15) is 0 Å². The van der Waals surface area contributed by atoms with Gasteiger partial charge in [0.15, 0.2) is 0 Å². The van der Waals surface area contributed by atoms with E-state index >= 15 is 0 Å². The molecule has 0 aromatic carbocycles. The largest absolute Gasteiger partial charge is 0.315 e. The van der Waals surface area contributed by atoms with Crippen LogP contribution in [0.3, 0.4) is 0 Å². The lowest BCUT2D eigenvalue weighted by atomic mass is 10.0. The van der Waals surface area contributed by atoms with Crippen LogP contribution in [-0.4, -0.2) is 24.7 Å². The Morgan fingerprint density at radius 1 is 1.27 bits per heavy atom. The Kier molecular flexibility index (Phi) is 2.55. The van der Waals surface area contributed by atoms with Crippen LogP contribution in [0.1, 0.15) is 27.7 Å². The summed E-state index contributed by atoms with van der Waals surface area (Å²) in [5.41, 5.74) is 0.255. The van der Waals surface area contributed by atoms with Gasteiger partial charge in [0.2, 0.25) is 0 Å². The Balaban J connectivity index is 2.37. The highest BCUT2D eigenvalue weighted by molar-refractivity contribution is 4.88. The molecule has 2 nitrogen and oxygen atoms in total. The van der Waals surface area contributed by atoms with E-state index in [0.29, 0.717) is 6.04 Å². The van der Waals surface area contributed by atoms with Crippen molar-refractivity contribution in [1.29, 1.82) is 0 Å². The van der Waals surface area contributed by atoms with E-state index < -0.39 is 0 Å². The molecule has 2 N–H and O–H groups in total. The van der Waals surface area contributed by atoms with Gasteiger partial charge in [-0.15, -0.1) is 0 Å². The van der Waals surface area contributed by atoms with Crippen LogP contribution in [0.5, 0.6) is 0 Å². The highest BCUT2D eigenvalue weighted by Crippen LogP contribution is 2.11. The van der Waals surface area contributed by atoms with Crippen molar-refractivity contribution in [3.05, 3.63) is 0 Å². The summed E-state index contributed by atoms with van der Waals surface area (Å²) in [7, 11) is 0. The summed E-state index contributed by atoms with van der Waals surface area (Å²) in [5.74, 6) is 0.772. The number of rotatable bonds is 1. The number of hydrogen-bond donors (Lipinski definition) is 2. The molecule has 2 atom stereocenters. The quantitative estimate of drug-likeness (QED) is 0.591. The molecule has 1 aliphatic heterocycles. The SMILES string of the molecule is CC1CNCC1NC(C)(C)C. The zero-order chi connectivity index (χ0) is 8.48. The van der Waals surface area contributed by atoms with Gasteiger partial charge in [-0.1, -0.05) is 6.92 Å². The van der Waals surface area contributed by atoms with Crippen molar-refractivity contribution in [1.82, 2.24) is 10.6 Å². The molecular weight excluding hydrogens is 136 g/mol. The molecule has 1 fully saturated rings. The molecule has 0 radical (unpaired) electrons. The number of nitrogens with one attached hydrogen (secondary N) is 2. The van der Waals surface area contributed by atoms with Crippen LogP contribution in [0, 0.1) is 5.92 Å². The van der Waals surface area contributed by atoms with E-state index in [1.54, 1.807) is 0 Å². The minimum atomic E-state index is 0.255. The molecule has 0 aliphatic carbocycles. The fourth-order valence-corrected chi connectivity index (χ4v) is 1.56. The van der Waals surface area contributed by atoms with Gasteiger partial charge in [-0.25, -0.2) is 0 Å². The van der Waals surface area contributed by atoms with Crippen LogP contribution >= 0.6 is 0 Å². The first-order chi connectivity index (χ1) is 4.99. The Bertz CT molecular complexity index is 126. The van der Waals surface area contributed by atoms with Gasteiger partial charge in [0, 0.05) is 18.1 Å². The van der Waals surface area contributed by atoms with Gasteiger partial charge >= 0.3 is 0 Å². The average molecular weight is 156 g/mol. The van der Waals surface area contributed by atoms with E-state index in [1.165, 1.54) is 0 Å². The molecule has 0 bridgehead atoms. The van der Waals surface area contributed by atoms with Crippen LogP contribution < -0.4 is 10.6 Å². The maximum Gasteiger partial charge on any atom is 0.0235 e. The van der Waals surface area contributed by atoms with Gasteiger partial charge in [-0.2, -0.15) is 0 Å². The molecule has 11 heavy (non-hydrogen) atoms. The summed E-state index contributed by atoms with van der Waals surface area (Å²) in [4.78, 5) is 0. The van der Waals surface area contributed by atoms with Gasteiger partial charge in [-0.05, 0) is 33.2 Å². The maximum absolute atomic E-state index is 3.61. The minimum absolute atomic E-state index is 0.255. The molecule has 0 aromatic heterocycles. The average Bonchev–Trinajstić information content (AvgIpc) is 2.12. The summed E-state index contributed by atoms with van der Waals surface area (Å²) in [6.07, 6.45) is 0. The third-order valence-electron chi connectivity index (χ3n) is 2.14. The summed E-state index contributed by atoms with van der Waals surface area (Å²) in [6.45, 7) is 11.2. The van der Waals surface area contributed by atoms with Crippen molar-refractivity contribution in [3.63, 3.8) is 0 Å². The summed E-state index contributed by atoms with van der Waals surface area (Å²) >= 11 is 0. The molecular formula is C9H20N2. The second-order valence-electron chi connectivity index (χ2n) is 4.64. The van der Waals surface area contributed by atoms with Crippen molar-refractivity contribution in [2.24, 2.45) is 5.92 Å². The van der Waals surface area contributed by atoms with E-state index in [2.05, 4.69) is 38.3 Å². The lowest BCUT2D eigenvalue weighted by Gasteiger charge is -2.27. The number of hydrogen-bond acceptors (Lipinski definition) is 2. The Morgan fingerprint density at radius 2 is 1.91 bits per heavy atom. The fraction of sp³-hybridized carbons (Fsp3) is 1.00. The second-order valence-corrected chi connectivity index (χ2v) is 4.64. The molecule has 2 unspecified atom stereocenters. The smallest absolute Gasteiger partial charge is 0.0235 e. The van der Waals surface area contributed by atoms with E-state index in [-0.39, 0.29) is 5.54 Å². The third kappa shape index (κ3) is 2.80. The predicted molar refractivity (Wildman–Crippen MR) is 48.7 cm³/mol. The topological polar surface area (TPSA) is 24.1 Å². The van der Waals surface area contributed by atoms with Crippen molar-refractivity contribution in [2.45, 2.75) is 39.3 Å². The van der Waals surface area contributed by atoms with Crippen LogP contribution in [-0.2, 0) is 0 Å². The van der Waals surface area contributed by atoms with Crippen molar-refractivity contribution in [2.75, 3.05) is 13.1 Å². The maximum atomic E-state index is 3.61. The highest BCUT2D eigenvalue weighted by Gasteiger charge is 2.26. The Labute approximate surface area is 69.8 Å². The van der Waals surface area contributed by atoms with Crippen LogP contribution in [0.4, 0.5) is 0 Å². The van der Waals surface area contributed by atoms with Crippen LogP contribution in [0.25, 0.3) is 0 Å². The van der Waals surface area contributed by atoms with Gasteiger partial charge in [0.05, 0.1) is 0 Å². The lowest BCUT2D eigenvalue weighted by molar-refractivity contribution is 0.333. The molecule has 2 heteroatoms. The van der Waals surface area contributed by atoms with Crippen molar-refractivity contribution < 1.29 is 0 Å². The Morgan fingerprint density at radius 3 is 2.27 bits per heavy atom. The molecule has 1 rings (SSSR count). The van der Waals surface area contributed by atoms with E-state index in [0.717, 1.165) is 19.0 Å². The Hall–Kier alpha value is -0.0800. The fourth-order valence-electron chi connectivity index (χ4n) is 1.56. The van der Waals surface area contributed by atoms with Gasteiger partial charge in [0.25, 0.3) is 0 Å². The molecule has 66 valence electrons. The van der Waals surface area contributed by atoms with Gasteiger partial charge in [0.1, 0.15) is 0 Å². The van der Waals surface area contributed by atoms with E-state index in [4.69, 9.17) is 0 Å². The van der Waals surface area contributed by atoms with Crippen LogP contribution in [0.15, 0.2) is 0 Å². The van der Waals surface area contributed by atoms with Crippen molar-refractivity contribution in [3.8, 4) is 0 Å². The molecule has 0 saturated carbocycles. The monoisotopic (exact) mass is 156 g/mol. The molecule has 1 saturated heterocycles. The summed E-state index contributed by atoms with van der Waals surface area (Å²) < 4.78 is 0. The normalized spacial score (nSPS) is 32.7. The van der Waals surface area contributed by atoms with Crippen LogP contribution in [0.2, 0.25) is 0 Å². The molecule has 1 aliphatic rings. The summed E-state index contributed by atoms with van der Waals surface area (Å²) in [5, 5.41) is 6.99. The highest BCUT2D eigenvalue weighted by atomic mass is 15.1. The van der Waals surface area contributed by atoms with E-state index in [1.807, 2.05) is 0 Å².